The molecule has 190 valence electrons. The van der Waals surface area contributed by atoms with E-state index in [0.29, 0.717) is 30.2 Å². The van der Waals surface area contributed by atoms with E-state index in [9.17, 15) is 33.0 Å². The molecule has 0 saturated carbocycles. The molecule has 10 heteroatoms. The van der Waals surface area contributed by atoms with Gasteiger partial charge in [0.05, 0.1) is 29.4 Å². The Bertz CT molecular complexity index is 1420. The largest absolute Gasteiger partial charge is 0.508 e. The van der Waals surface area contributed by atoms with Crippen LogP contribution in [-0.2, 0) is 15.8 Å². The number of hydrogen-bond donors (Lipinski definition) is 2. The molecule has 0 aromatic heterocycles. The van der Waals surface area contributed by atoms with E-state index in [4.69, 9.17) is 4.74 Å². The second-order valence-electron chi connectivity index (χ2n) is 8.76. The molecule has 1 saturated heterocycles. The summed E-state index contributed by atoms with van der Waals surface area (Å²) < 4.78 is 45.0. The van der Waals surface area contributed by atoms with Gasteiger partial charge in [-0.05, 0) is 60.2 Å². The highest BCUT2D eigenvalue weighted by molar-refractivity contribution is 6.51. The van der Waals surface area contributed by atoms with Gasteiger partial charge in [0.15, 0.2) is 0 Å². The van der Waals surface area contributed by atoms with Crippen LogP contribution < -0.4 is 14.5 Å². The molecule has 1 amide bonds. The molecule has 5 rings (SSSR count). The number of amides is 1. The average molecular weight is 510 g/mol. The third-order valence-corrected chi connectivity index (χ3v) is 6.45. The van der Waals surface area contributed by atoms with Gasteiger partial charge in [-0.3, -0.25) is 14.5 Å². The quantitative estimate of drug-likeness (QED) is 0.297. The Morgan fingerprint density at radius 2 is 1.68 bits per heavy atom. The highest BCUT2D eigenvalue weighted by Crippen LogP contribution is 2.44. The number of hydrogen-bond acceptors (Lipinski definition) is 6. The van der Waals surface area contributed by atoms with Crippen LogP contribution in [0.3, 0.4) is 0 Å². The molecular formula is C27H21F3N2O5. The molecule has 2 aliphatic rings. The van der Waals surface area contributed by atoms with Gasteiger partial charge in [0.2, 0.25) is 0 Å². The first-order chi connectivity index (χ1) is 17.6. The molecule has 0 aliphatic carbocycles. The Morgan fingerprint density at radius 3 is 2.32 bits per heavy atom. The van der Waals surface area contributed by atoms with E-state index in [-0.39, 0.29) is 22.6 Å². The van der Waals surface area contributed by atoms with Crippen molar-refractivity contribution in [3.63, 3.8) is 0 Å². The van der Waals surface area contributed by atoms with E-state index in [2.05, 4.69) is 0 Å². The van der Waals surface area contributed by atoms with Crippen LogP contribution in [0.1, 0.15) is 22.7 Å². The number of ketones is 1. The summed E-state index contributed by atoms with van der Waals surface area (Å²) in [5.41, 5.74) is 0.241. The van der Waals surface area contributed by atoms with Crippen LogP contribution in [0, 0.1) is 0 Å². The molecule has 0 bridgehead atoms. The number of carbonyl (C=O) groups excluding carboxylic acids is 2. The summed E-state index contributed by atoms with van der Waals surface area (Å²) >= 11 is 0. The molecule has 37 heavy (non-hydrogen) atoms. The van der Waals surface area contributed by atoms with Crippen molar-refractivity contribution < 1.29 is 37.7 Å². The number of fused-ring (bicyclic) bond motifs is 1. The van der Waals surface area contributed by atoms with E-state index in [1.165, 1.54) is 24.3 Å². The fraction of sp³-hybridized carbons (Fsp3) is 0.185. The minimum Gasteiger partial charge on any atom is -0.508 e. The summed E-state index contributed by atoms with van der Waals surface area (Å²) in [4.78, 5) is 29.4. The number of aromatic hydroxyl groups is 1. The number of alkyl halides is 3. The summed E-state index contributed by atoms with van der Waals surface area (Å²) in [5.74, 6) is -1.89. The lowest BCUT2D eigenvalue weighted by Crippen LogP contribution is -2.29. The predicted molar refractivity (Wildman–Crippen MR) is 130 cm³/mol. The van der Waals surface area contributed by atoms with Gasteiger partial charge in [-0.25, -0.2) is 0 Å². The van der Waals surface area contributed by atoms with E-state index in [1.54, 1.807) is 18.2 Å². The van der Waals surface area contributed by atoms with Crippen molar-refractivity contribution in [2.45, 2.75) is 12.2 Å². The van der Waals surface area contributed by atoms with Crippen LogP contribution in [0.15, 0.2) is 72.3 Å². The third-order valence-electron chi connectivity index (χ3n) is 6.45. The minimum absolute atomic E-state index is 0.0470. The number of ether oxygens (including phenoxy) is 1. The minimum atomic E-state index is -4.58. The molecule has 2 aliphatic heterocycles. The number of phenolic OH excluding ortho intramolecular Hbond substituents is 1. The first-order valence-corrected chi connectivity index (χ1v) is 11.3. The van der Waals surface area contributed by atoms with E-state index in [1.807, 2.05) is 11.9 Å². The summed E-state index contributed by atoms with van der Waals surface area (Å²) in [7, 11) is 1.85. The number of aliphatic hydroxyl groups is 1. The number of Topliss-reactive ketones (excluding diaryl/α,β-unsaturated/α-hetero) is 1. The summed E-state index contributed by atoms with van der Waals surface area (Å²) in [6, 6.07) is 13.2. The van der Waals surface area contributed by atoms with Gasteiger partial charge in [0.1, 0.15) is 23.9 Å². The van der Waals surface area contributed by atoms with E-state index in [0.717, 1.165) is 29.2 Å². The second-order valence-corrected chi connectivity index (χ2v) is 8.76. The second kappa shape index (κ2) is 8.88. The fourth-order valence-electron chi connectivity index (χ4n) is 4.54. The topological polar surface area (TPSA) is 90.3 Å². The van der Waals surface area contributed by atoms with Crippen molar-refractivity contribution in [2.75, 3.05) is 30.0 Å². The average Bonchev–Trinajstić information content (AvgIpc) is 3.14. The maximum Gasteiger partial charge on any atom is 0.416 e. The lowest BCUT2D eigenvalue weighted by Gasteiger charge is -2.28. The van der Waals surface area contributed by atoms with E-state index >= 15 is 0 Å². The maximum atomic E-state index is 13.3. The zero-order valence-electron chi connectivity index (χ0n) is 19.5. The summed E-state index contributed by atoms with van der Waals surface area (Å²) in [5, 5.41) is 21.1. The normalized spacial score (nSPS) is 19.1. The highest BCUT2D eigenvalue weighted by Gasteiger charge is 2.47. The number of carbonyl (C=O) groups is 2. The molecule has 2 heterocycles. The molecule has 1 unspecified atom stereocenters. The molecule has 2 N–H and O–H groups in total. The molecular weight excluding hydrogens is 489 g/mol. The molecule has 0 radical (unpaired) electrons. The van der Waals surface area contributed by atoms with Crippen molar-refractivity contribution in [2.24, 2.45) is 0 Å². The third kappa shape index (κ3) is 4.24. The maximum absolute atomic E-state index is 13.3. The van der Waals surface area contributed by atoms with Crippen LogP contribution in [-0.4, -0.2) is 42.1 Å². The number of aliphatic hydroxyl groups excluding tert-OH is 1. The number of rotatable bonds is 3. The van der Waals surface area contributed by atoms with Crippen LogP contribution in [0.2, 0.25) is 0 Å². The molecule has 3 aromatic rings. The predicted octanol–water partition coefficient (Wildman–Crippen LogP) is 4.87. The van der Waals surface area contributed by atoms with Crippen LogP contribution in [0.25, 0.3) is 5.76 Å². The summed E-state index contributed by atoms with van der Waals surface area (Å²) in [6.07, 6.45) is -4.58. The van der Waals surface area contributed by atoms with Crippen LogP contribution >= 0.6 is 0 Å². The van der Waals surface area contributed by atoms with Crippen molar-refractivity contribution in [3.8, 4) is 11.5 Å². The Labute approximate surface area is 209 Å². The number of benzene rings is 3. The molecule has 1 fully saturated rings. The van der Waals surface area contributed by atoms with Crippen LogP contribution in [0.5, 0.6) is 11.5 Å². The van der Waals surface area contributed by atoms with Crippen molar-refractivity contribution in [1.29, 1.82) is 0 Å². The monoisotopic (exact) mass is 510 g/mol. The van der Waals surface area contributed by atoms with Gasteiger partial charge in [0.25, 0.3) is 11.7 Å². The first-order valence-electron chi connectivity index (χ1n) is 11.3. The first kappa shape index (κ1) is 24.2. The lowest BCUT2D eigenvalue weighted by atomic mass is 9.94. The summed E-state index contributed by atoms with van der Waals surface area (Å²) in [6.45, 7) is 1.11. The fourth-order valence-corrected chi connectivity index (χ4v) is 4.54. The van der Waals surface area contributed by atoms with E-state index < -0.39 is 35.2 Å². The van der Waals surface area contributed by atoms with Gasteiger partial charge in [0, 0.05) is 18.3 Å². The van der Waals surface area contributed by atoms with Gasteiger partial charge < -0.3 is 19.8 Å². The van der Waals surface area contributed by atoms with Crippen LogP contribution in [0.4, 0.5) is 24.5 Å². The molecule has 7 nitrogen and oxygen atoms in total. The zero-order chi connectivity index (χ0) is 26.5. The Morgan fingerprint density at radius 1 is 1.00 bits per heavy atom. The number of likely N-dealkylation sites (N-methyl/N-ethyl adjacent to an activating group) is 1. The Kier molecular flexibility index (Phi) is 5.82. The molecule has 0 spiro atoms. The van der Waals surface area contributed by atoms with Crippen molar-refractivity contribution >= 4 is 28.8 Å². The smallest absolute Gasteiger partial charge is 0.416 e. The zero-order valence-corrected chi connectivity index (χ0v) is 19.5. The molecule has 1 atom stereocenters. The Hall–Kier alpha value is -4.47. The van der Waals surface area contributed by atoms with Gasteiger partial charge in [-0.15, -0.1) is 0 Å². The lowest BCUT2D eigenvalue weighted by molar-refractivity contribution is -0.137. The SMILES string of the molecule is CN1CCOc2ccc(/C(O)=C3/C(=O)C(=O)N(c4ccc(C(F)(F)F)cc4)C3c3ccc(O)cc3)cc21. The number of nitrogens with zero attached hydrogens (tertiary/aromatic N) is 2. The Balaban J connectivity index is 1.66. The number of halogens is 3. The van der Waals surface area contributed by atoms with Crippen molar-refractivity contribution in [1.82, 2.24) is 0 Å². The van der Waals surface area contributed by atoms with Gasteiger partial charge in [-0.1, -0.05) is 12.1 Å². The molecule has 3 aromatic carbocycles. The van der Waals surface area contributed by atoms with Gasteiger partial charge >= 0.3 is 6.18 Å². The standard InChI is InChI=1S/C27H21F3N2O5/c1-31-12-13-37-21-11-4-16(14-20(21)31)24(34)22-23(15-2-9-19(33)10-3-15)32(26(36)25(22)35)18-7-5-17(6-8-18)27(28,29)30/h2-11,14,23,33-34H,12-13H2,1H3/b24-22-. The number of anilines is 2. The number of phenols is 1. The highest BCUT2D eigenvalue weighted by atomic mass is 19.4. The van der Waals surface area contributed by atoms with Crippen molar-refractivity contribution in [3.05, 3.63) is 89.0 Å². The van der Waals surface area contributed by atoms with Gasteiger partial charge in [-0.2, -0.15) is 13.2 Å².